The monoisotopic (exact) mass is 405 g/mol. The summed E-state index contributed by atoms with van der Waals surface area (Å²) in [6.45, 7) is 0. The van der Waals surface area contributed by atoms with Gasteiger partial charge in [-0.15, -0.1) is 11.3 Å². The molecule has 27 heavy (non-hydrogen) atoms. The van der Waals surface area contributed by atoms with E-state index in [9.17, 15) is 29.9 Å². The van der Waals surface area contributed by atoms with E-state index in [0.717, 1.165) is 22.1 Å². The Morgan fingerprint density at radius 3 is 2.26 bits per heavy atom. The first-order chi connectivity index (χ1) is 12.8. The average Bonchev–Trinajstić information content (AvgIpc) is 2.85. The zero-order valence-electron chi connectivity index (χ0n) is 13.2. The summed E-state index contributed by atoms with van der Waals surface area (Å²) in [5.41, 5.74) is 0.0987. The van der Waals surface area contributed by atoms with E-state index in [2.05, 4.69) is 0 Å². The molecule has 0 aromatic carbocycles. The number of amides is 4. The Morgan fingerprint density at radius 2 is 1.70 bits per heavy atom. The molecular weight excluding hydrogens is 396 g/mol. The van der Waals surface area contributed by atoms with Crippen molar-refractivity contribution >= 4 is 59.4 Å². The average molecular weight is 405 g/mol. The number of nitrogens with zero attached hydrogens (tertiary/aromatic N) is 2. The van der Waals surface area contributed by atoms with Crippen LogP contribution in [0.1, 0.15) is 4.88 Å². The molecular formula is C15H9N4O6S2-. The van der Waals surface area contributed by atoms with Crippen LogP contribution in [0.25, 0.3) is 12.3 Å². The Bertz CT molecular complexity index is 1040. The molecule has 2 aliphatic rings. The zero-order valence-corrected chi connectivity index (χ0v) is 14.8. The smallest absolute Gasteiger partial charge is 0.328 e. The first-order valence-corrected chi connectivity index (χ1v) is 8.40. The number of urea groups is 1. The summed E-state index contributed by atoms with van der Waals surface area (Å²) in [7, 11) is 0. The molecule has 0 saturated carbocycles. The summed E-state index contributed by atoms with van der Waals surface area (Å²) >= 11 is 6.14. The first-order valence-electron chi connectivity index (χ1n) is 7.18. The number of carbonyl (C=O) groups excluding carboxylic acids is 3. The van der Waals surface area contributed by atoms with Crippen molar-refractivity contribution in [1.29, 1.82) is 0 Å². The lowest BCUT2D eigenvalue weighted by Gasteiger charge is -2.13. The van der Waals surface area contributed by atoms with Gasteiger partial charge in [0.1, 0.15) is 5.57 Å². The zero-order chi connectivity index (χ0) is 19.7. The molecule has 0 spiro atoms. The minimum atomic E-state index is -0.938. The second-order valence-electron chi connectivity index (χ2n) is 5.20. The summed E-state index contributed by atoms with van der Waals surface area (Å²) in [5.74, 6) is -2.16. The SMILES string of the molecule is O=C1NC(=O)C(=Cn2c(O)c(C=C3C=CC(=[N+]([O-])[O-])C=C3)sc2=S)C(=O)N1. The van der Waals surface area contributed by atoms with Crippen molar-refractivity contribution < 1.29 is 24.4 Å². The summed E-state index contributed by atoms with van der Waals surface area (Å²) in [6.07, 6.45) is 8.19. The van der Waals surface area contributed by atoms with Crippen molar-refractivity contribution in [2.75, 3.05) is 0 Å². The largest absolute Gasteiger partial charge is 0.612 e. The molecule has 12 heteroatoms. The molecule has 0 radical (unpaired) electrons. The summed E-state index contributed by atoms with van der Waals surface area (Å²) in [4.78, 5) is 34.4. The Kier molecular flexibility index (Phi) is 4.75. The fraction of sp³-hybridized carbons (Fsp3) is 0. The van der Waals surface area contributed by atoms with Gasteiger partial charge in [-0.3, -0.25) is 24.8 Å². The lowest BCUT2D eigenvalue weighted by molar-refractivity contribution is -0.377. The van der Waals surface area contributed by atoms with E-state index >= 15 is 0 Å². The third-order valence-electron chi connectivity index (χ3n) is 3.45. The number of carbonyl (C=O) groups is 3. The molecule has 2 heterocycles. The van der Waals surface area contributed by atoms with Crippen molar-refractivity contribution in [2.45, 2.75) is 0 Å². The van der Waals surface area contributed by atoms with Gasteiger partial charge in [-0.1, -0.05) is 0 Å². The van der Waals surface area contributed by atoms with Crippen LogP contribution < -0.4 is 10.6 Å². The maximum Gasteiger partial charge on any atom is 0.328 e. The molecule has 1 aromatic heterocycles. The molecule has 0 atom stereocenters. The number of hydrogen-bond acceptors (Lipinski definition) is 8. The van der Waals surface area contributed by atoms with Gasteiger partial charge in [0.2, 0.25) is 11.6 Å². The van der Waals surface area contributed by atoms with Crippen LogP contribution in [0.3, 0.4) is 0 Å². The van der Waals surface area contributed by atoms with Gasteiger partial charge in [0.05, 0.1) is 4.88 Å². The van der Waals surface area contributed by atoms with E-state index < -0.39 is 28.3 Å². The predicted molar refractivity (Wildman–Crippen MR) is 99.0 cm³/mol. The molecule has 1 aromatic rings. The molecule has 1 fully saturated rings. The maximum atomic E-state index is 11.8. The number of thiazole rings is 1. The van der Waals surface area contributed by atoms with Crippen LogP contribution in [-0.2, 0) is 9.59 Å². The van der Waals surface area contributed by atoms with Crippen molar-refractivity contribution in [2.24, 2.45) is 0 Å². The fourth-order valence-corrected chi connectivity index (χ4v) is 3.39. The Morgan fingerprint density at radius 1 is 1.11 bits per heavy atom. The van der Waals surface area contributed by atoms with Gasteiger partial charge in [-0.2, -0.15) is 4.90 Å². The van der Waals surface area contributed by atoms with Crippen LogP contribution in [0, 0.1) is 14.4 Å². The van der Waals surface area contributed by atoms with Crippen LogP contribution in [-0.4, -0.2) is 38.1 Å². The summed E-state index contributed by atoms with van der Waals surface area (Å²) < 4.78 is 1.20. The Balaban J connectivity index is 1.96. The number of aromatic hydroxyl groups is 1. The van der Waals surface area contributed by atoms with Crippen LogP contribution in [0.5, 0.6) is 5.88 Å². The predicted octanol–water partition coefficient (Wildman–Crippen LogP) is 1.15. The Labute approximate surface area is 159 Å². The highest BCUT2D eigenvalue weighted by atomic mass is 32.1. The van der Waals surface area contributed by atoms with E-state index in [1.807, 2.05) is 10.6 Å². The summed E-state index contributed by atoms with van der Waals surface area (Å²) in [5, 5.41) is 35.6. The van der Waals surface area contributed by atoms with Crippen LogP contribution in [0.4, 0.5) is 4.79 Å². The number of hydrogen-bond donors (Lipinski definition) is 3. The molecule has 0 unspecified atom stereocenters. The molecule has 1 aliphatic carbocycles. The minimum absolute atomic E-state index is 0.0739. The van der Waals surface area contributed by atoms with E-state index in [4.69, 9.17) is 12.2 Å². The highest BCUT2D eigenvalue weighted by Crippen LogP contribution is 2.30. The van der Waals surface area contributed by atoms with Crippen molar-refractivity contribution in [3.05, 3.63) is 54.7 Å². The molecule has 3 rings (SSSR count). The van der Waals surface area contributed by atoms with Gasteiger partial charge < -0.3 is 15.5 Å². The van der Waals surface area contributed by atoms with Crippen molar-refractivity contribution in [1.82, 2.24) is 15.2 Å². The molecule has 10 nitrogen and oxygen atoms in total. The molecule has 138 valence electrons. The van der Waals surface area contributed by atoms with E-state index in [0.29, 0.717) is 10.5 Å². The molecule has 4 amide bonds. The third-order valence-corrected chi connectivity index (χ3v) is 4.78. The minimum Gasteiger partial charge on any atom is -0.612 e. The standard InChI is InChI=1S/C15H9N4O6S2/c20-11-9(12(21)17-14(23)16-11)6-18-13(22)10(27-15(18)26)5-7-1-3-8(4-2-7)19(24)25/h1-6H,(H3-,16,17,20,21,22,23,24,25)/q-1. The number of rotatable bonds is 2. The van der Waals surface area contributed by atoms with E-state index in [-0.39, 0.29) is 15.5 Å². The molecule has 3 N–H and O–H groups in total. The highest BCUT2D eigenvalue weighted by molar-refractivity contribution is 7.73. The van der Waals surface area contributed by atoms with Crippen molar-refractivity contribution in [3.8, 4) is 5.88 Å². The van der Waals surface area contributed by atoms with Crippen LogP contribution >= 0.6 is 23.6 Å². The number of aromatic nitrogens is 1. The quantitative estimate of drug-likeness (QED) is 0.220. The topological polar surface area (TPSA) is 150 Å². The number of barbiturate groups is 1. The van der Waals surface area contributed by atoms with Crippen molar-refractivity contribution in [3.63, 3.8) is 0 Å². The second kappa shape index (κ2) is 7.01. The van der Waals surface area contributed by atoms with Gasteiger partial charge in [0.25, 0.3) is 11.8 Å². The lowest BCUT2D eigenvalue weighted by Crippen LogP contribution is -2.51. The summed E-state index contributed by atoms with van der Waals surface area (Å²) in [6, 6.07) is -0.938. The molecule has 0 bridgehead atoms. The lowest BCUT2D eigenvalue weighted by atomic mass is 10.1. The number of allylic oxidation sites excluding steroid dienone is 5. The Hall–Kier alpha value is -3.51. The molecule has 1 saturated heterocycles. The van der Waals surface area contributed by atoms with Gasteiger partial charge >= 0.3 is 6.03 Å². The van der Waals surface area contributed by atoms with Gasteiger partial charge in [0, 0.05) is 18.4 Å². The van der Waals surface area contributed by atoms with E-state index in [1.54, 1.807) is 6.08 Å². The highest BCUT2D eigenvalue weighted by Gasteiger charge is 2.28. The van der Waals surface area contributed by atoms with Crippen LogP contribution in [0.15, 0.2) is 35.5 Å². The number of nitrogens with one attached hydrogen (secondary N) is 2. The number of imide groups is 2. The third kappa shape index (κ3) is 3.70. The van der Waals surface area contributed by atoms with Gasteiger partial charge in [-0.05, 0) is 36.0 Å². The van der Waals surface area contributed by atoms with Gasteiger partial charge in [-0.25, -0.2) is 4.79 Å². The van der Waals surface area contributed by atoms with Gasteiger partial charge in [0.15, 0.2) is 3.95 Å². The molecule has 1 aliphatic heterocycles. The van der Waals surface area contributed by atoms with Crippen LogP contribution in [0.2, 0.25) is 0 Å². The first kappa shape index (κ1) is 18.3. The second-order valence-corrected chi connectivity index (χ2v) is 6.87. The maximum absolute atomic E-state index is 11.8. The normalized spacial score (nSPS) is 16.3. The fourth-order valence-electron chi connectivity index (χ4n) is 2.17. The van der Waals surface area contributed by atoms with E-state index in [1.165, 1.54) is 24.3 Å².